The molecule has 0 atom stereocenters. The van der Waals surface area contributed by atoms with E-state index in [1.54, 1.807) is 18.4 Å². The molecule has 5 heteroatoms. The number of aryl methyl sites for hydroxylation is 1. The molecule has 2 aromatic rings. The van der Waals surface area contributed by atoms with Crippen molar-refractivity contribution in [2.45, 2.75) is 13.5 Å². The number of aromatic carboxylic acids is 1. The predicted octanol–water partition coefficient (Wildman–Crippen LogP) is 3.58. The van der Waals surface area contributed by atoms with E-state index in [4.69, 9.17) is 16.0 Å². The molecule has 1 aromatic carbocycles. The number of hydrogen-bond donors (Lipinski definition) is 1. The van der Waals surface area contributed by atoms with E-state index in [2.05, 4.69) is 0 Å². The normalized spacial score (nSPS) is 10.5. The van der Waals surface area contributed by atoms with Gasteiger partial charge in [-0.15, -0.1) is 0 Å². The maximum Gasteiger partial charge on any atom is 0.337 e. The van der Waals surface area contributed by atoms with Gasteiger partial charge in [0.1, 0.15) is 5.76 Å². The quantitative estimate of drug-likeness (QED) is 0.929. The second kappa shape index (κ2) is 5.36. The van der Waals surface area contributed by atoms with Crippen molar-refractivity contribution in [3.05, 3.63) is 52.4 Å². The lowest BCUT2D eigenvalue weighted by Crippen LogP contribution is -2.19. The van der Waals surface area contributed by atoms with Crippen molar-refractivity contribution >= 4 is 23.3 Å². The Bertz CT molecular complexity index is 606. The van der Waals surface area contributed by atoms with E-state index in [9.17, 15) is 9.90 Å². The van der Waals surface area contributed by atoms with Crippen molar-refractivity contribution in [3.63, 3.8) is 0 Å². The third-order valence-electron chi connectivity index (χ3n) is 2.98. The van der Waals surface area contributed by atoms with E-state index in [0.717, 1.165) is 11.3 Å². The zero-order valence-electron chi connectivity index (χ0n) is 10.7. The summed E-state index contributed by atoms with van der Waals surface area (Å²) in [6, 6.07) is 6.61. The Morgan fingerprint density at radius 3 is 2.74 bits per heavy atom. The summed E-state index contributed by atoms with van der Waals surface area (Å²) in [5.74, 6) is -0.145. The van der Waals surface area contributed by atoms with Crippen LogP contribution in [0.4, 0.5) is 5.69 Å². The predicted molar refractivity (Wildman–Crippen MR) is 74.0 cm³/mol. The minimum atomic E-state index is -0.970. The molecule has 0 aliphatic heterocycles. The molecule has 0 spiro atoms. The summed E-state index contributed by atoms with van der Waals surface area (Å²) in [4.78, 5) is 13.1. The molecular formula is C14H14ClNO3. The molecule has 1 heterocycles. The van der Waals surface area contributed by atoms with Gasteiger partial charge in [0, 0.05) is 24.2 Å². The van der Waals surface area contributed by atoms with Crippen LogP contribution in [0.5, 0.6) is 0 Å². The molecule has 0 amide bonds. The number of halogens is 1. The largest absolute Gasteiger partial charge is 0.478 e. The molecule has 1 N–H and O–H groups in total. The van der Waals surface area contributed by atoms with Crippen molar-refractivity contribution in [3.8, 4) is 0 Å². The molecular weight excluding hydrogens is 266 g/mol. The highest BCUT2D eigenvalue weighted by atomic mass is 35.5. The third kappa shape index (κ3) is 2.90. The Labute approximate surface area is 116 Å². The van der Waals surface area contributed by atoms with Crippen LogP contribution in [-0.4, -0.2) is 18.1 Å². The summed E-state index contributed by atoms with van der Waals surface area (Å²) in [5, 5.41) is 9.71. The maximum absolute atomic E-state index is 11.2. The van der Waals surface area contributed by atoms with Gasteiger partial charge in [-0.05, 0) is 31.2 Å². The molecule has 0 fully saturated rings. The summed E-state index contributed by atoms with van der Waals surface area (Å²) in [6.45, 7) is 2.43. The fraction of sp³-hybridized carbons (Fsp3) is 0.214. The Morgan fingerprint density at radius 2 is 2.16 bits per heavy atom. The van der Waals surface area contributed by atoms with Gasteiger partial charge in [-0.2, -0.15) is 0 Å². The Kier molecular flexibility index (Phi) is 3.81. The number of anilines is 1. The van der Waals surface area contributed by atoms with Crippen LogP contribution in [0.3, 0.4) is 0 Å². The van der Waals surface area contributed by atoms with Crippen LogP contribution in [0.2, 0.25) is 5.02 Å². The number of benzene rings is 1. The maximum atomic E-state index is 11.2. The van der Waals surface area contributed by atoms with E-state index in [1.807, 2.05) is 24.9 Å². The van der Waals surface area contributed by atoms with E-state index < -0.39 is 5.97 Å². The lowest BCUT2D eigenvalue weighted by molar-refractivity contribution is 0.0697. The molecule has 0 unspecified atom stereocenters. The first-order valence-electron chi connectivity index (χ1n) is 5.76. The molecule has 0 aliphatic rings. The minimum Gasteiger partial charge on any atom is -0.478 e. The first-order valence-corrected chi connectivity index (χ1v) is 6.14. The monoisotopic (exact) mass is 279 g/mol. The van der Waals surface area contributed by atoms with Crippen LogP contribution < -0.4 is 4.90 Å². The average Bonchev–Trinajstić information content (AvgIpc) is 2.74. The van der Waals surface area contributed by atoms with Crippen molar-refractivity contribution in [2.24, 2.45) is 0 Å². The van der Waals surface area contributed by atoms with Crippen molar-refractivity contribution in [2.75, 3.05) is 11.9 Å². The molecule has 2 rings (SSSR count). The molecule has 1 aromatic heterocycles. The van der Waals surface area contributed by atoms with Crippen LogP contribution in [0.15, 0.2) is 34.9 Å². The Morgan fingerprint density at radius 1 is 1.42 bits per heavy atom. The van der Waals surface area contributed by atoms with Gasteiger partial charge >= 0.3 is 5.97 Å². The first-order chi connectivity index (χ1) is 8.99. The van der Waals surface area contributed by atoms with Gasteiger partial charge in [-0.1, -0.05) is 11.6 Å². The number of carbonyl (C=O) groups is 1. The summed E-state index contributed by atoms with van der Waals surface area (Å²) in [7, 11) is 1.82. The third-order valence-corrected chi connectivity index (χ3v) is 3.21. The van der Waals surface area contributed by atoms with Crippen molar-refractivity contribution in [1.82, 2.24) is 0 Å². The van der Waals surface area contributed by atoms with Crippen molar-refractivity contribution in [1.29, 1.82) is 0 Å². The highest BCUT2D eigenvalue weighted by Crippen LogP contribution is 2.26. The van der Waals surface area contributed by atoms with Gasteiger partial charge in [-0.25, -0.2) is 4.79 Å². The molecule has 4 nitrogen and oxygen atoms in total. The Balaban J connectivity index is 2.32. The molecule has 100 valence electrons. The zero-order chi connectivity index (χ0) is 14.0. The second-order valence-corrected chi connectivity index (χ2v) is 4.76. The van der Waals surface area contributed by atoms with Gasteiger partial charge in [-0.3, -0.25) is 0 Å². The Hall–Kier alpha value is -1.94. The number of rotatable bonds is 4. The van der Waals surface area contributed by atoms with Gasteiger partial charge in [0.05, 0.1) is 17.5 Å². The number of hydrogen-bond acceptors (Lipinski definition) is 3. The zero-order valence-corrected chi connectivity index (χ0v) is 11.4. The van der Waals surface area contributed by atoms with E-state index in [0.29, 0.717) is 17.3 Å². The molecule has 19 heavy (non-hydrogen) atoms. The molecule has 0 bridgehead atoms. The molecule has 0 aliphatic carbocycles. The fourth-order valence-corrected chi connectivity index (χ4v) is 2.08. The van der Waals surface area contributed by atoms with Gasteiger partial charge in [0.15, 0.2) is 0 Å². The number of furan rings is 1. The molecule has 0 saturated heterocycles. The van der Waals surface area contributed by atoms with Gasteiger partial charge in [0.25, 0.3) is 0 Å². The molecule has 0 saturated carbocycles. The van der Waals surface area contributed by atoms with E-state index >= 15 is 0 Å². The van der Waals surface area contributed by atoms with Crippen LogP contribution in [0.25, 0.3) is 0 Å². The number of carboxylic acids is 1. The smallest absolute Gasteiger partial charge is 0.337 e. The summed E-state index contributed by atoms with van der Waals surface area (Å²) < 4.78 is 5.23. The highest BCUT2D eigenvalue weighted by Gasteiger charge is 2.15. The van der Waals surface area contributed by atoms with Crippen molar-refractivity contribution < 1.29 is 14.3 Å². The van der Waals surface area contributed by atoms with Crippen LogP contribution in [0, 0.1) is 6.92 Å². The highest BCUT2D eigenvalue weighted by molar-refractivity contribution is 6.31. The lowest BCUT2D eigenvalue weighted by atomic mass is 10.1. The standard InChI is InChI=1S/C14H14ClNO3/c1-9-10(5-6-19-9)8-16(2)13-7-11(15)3-4-12(13)14(17)18/h3-7H,8H2,1-2H3,(H,17,18). The summed E-state index contributed by atoms with van der Waals surface area (Å²) in [5.41, 5.74) is 1.83. The van der Waals surface area contributed by atoms with Gasteiger partial charge in [0.2, 0.25) is 0 Å². The van der Waals surface area contributed by atoms with Crippen LogP contribution in [-0.2, 0) is 6.54 Å². The van der Waals surface area contributed by atoms with Crippen LogP contribution >= 0.6 is 11.6 Å². The first kappa shape index (κ1) is 13.5. The summed E-state index contributed by atoms with van der Waals surface area (Å²) in [6.07, 6.45) is 1.62. The lowest BCUT2D eigenvalue weighted by Gasteiger charge is -2.21. The number of carboxylic acid groups (broad SMARTS) is 1. The minimum absolute atomic E-state index is 0.230. The molecule has 0 radical (unpaired) electrons. The summed E-state index contributed by atoms with van der Waals surface area (Å²) >= 11 is 5.94. The topological polar surface area (TPSA) is 53.7 Å². The number of nitrogens with zero attached hydrogens (tertiary/aromatic N) is 1. The average molecular weight is 280 g/mol. The van der Waals surface area contributed by atoms with Crippen LogP contribution in [0.1, 0.15) is 21.7 Å². The van der Waals surface area contributed by atoms with Gasteiger partial charge < -0.3 is 14.4 Å². The van der Waals surface area contributed by atoms with E-state index in [1.165, 1.54) is 6.07 Å². The fourth-order valence-electron chi connectivity index (χ4n) is 1.92. The van der Waals surface area contributed by atoms with E-state index in [-0.39, 0.29) is 5.56 Å². The second-order valence-electron chi connectivity index (χ2n) is 4.32. The SMILES string of the molecule is Cc1occc1CN(C)c1cc(Cl)ccc1C(=O)O.